The van der Waals surface area contributed by atoms with Gasteiger partial charge in [-0.1, -0.05) is 97.1 Å². The van der Waals surface area contributed by atoms with E-state index in [1.807, 2.05) is 128 Å². The highest BCUT2D eigenvalue weighted by atomic mass is 16.1. The largest absolute Gasteiger partial charge is 0.307 e. The number of hydrogen-bond acceptors (Lipinski definition) is 5. The molecule has 0 amide bonds. The van der Waals surface area contributed by atoms with Crippen molar-refractivity contribution in [3.8, 4) is 22.8 Å². The van der Waals surface area contributed by atoms with Crippen LogP contribution >= 0.6 is 0 Å². The monoisotopic (exact) mass is 442 g/mol. The molecule has 0 aliphatic heterocycles. The van der Waals surface area contributed by atoms with E-state index in [1.165, 1.54) is 0 Å². The molecule has 6 aromatic rings. The molecule has 0 saturated carbocycles. The van der Waals surface area contributed by atoms with Crippen LogP contribution in [0.4, 0.5) is 0 Å². The summed E-state index contributed by atoms with van der Waals surface area (Å²) in [6.45, 7) is 2.00. The lowest BCUT2D eigenvalue weighted by molar-refractivity contribution is -0.0979. The molecule has 0 spiro atoms. The van der Waals surface area contributed by atoms with E-state index in [9.17, 15) is 0 Å². The quantitative estimate of drug-likeness (QED) is 0.310. The lowest BCUT2D eigenvalue weighted by Gasteiger charge is -2.01. The Morgan fingerprint density at radius 2 is 0.794 bits per heavy atom. The van der Waals surface area contributed by atoms with Crippen molar-refractivity contribution in [1.82, 2.24) is 19.9 Å². The number of carbonyl (C=O) groups excluding carboxylic acids is 1. The summed E-state index contributed by atoms with van der Waals surface area (Å²) in [5.41, 5.74) is 4.06. The van der Waals surface area contributed by atoms with Crippen molar-refractivity contribution in [1.29, 1.82) is 0 Å². The van der Waals surface area contributed by atoms with Crippen LogP contribution in [0.1, 0.15) is 0 Å². The van der Waals surface area contributed by atoms with Gasteiger partial charge in [-0.05, 0) is 12.1 Å². The molecule has 4 aromatic carbocycles. The van der Waals surface area contributed by atoms with Gasteiger partial charge in [0.15, 0.2) is 11.6 Å². The fourth-order valence-electron chi connectivity index (χ4n) is 3.40. The van der Waals surface area contributed by atoms with Crippen LogP contribution in [0.25, 0.3) is 44.6 Å². The molecule has 5 nitrogen and oxygen atoms in total. The van der Waals surface area contributed by atoms with Crippen LogP contribution in [-0.4, -0.2) is 26.7 Å². The van der Waals surface area contributed by atoms with Gasteiger partial charge < -0.3 is 4.79 Å². The summed E-state index contributed by atoms with van der Waals surface area (Å²) in [6, 6.07) is 36.0. The first-order valence-electron chi connectivity index (χ1n) is 10.7. The molecule has 0 bridgehead atoms. The average Bonchev–Trinajstić information content (AvgIpc) is 2.95. The molecule has 0 saturated heterocycles. The van der Waals surface area contributed by atoms with E-state index < -0.39 is 0 Å². The molecule has 6 rings (SSSR count). The minimum absolute atomic E-state index is 0.777. The second kappa shape index (κ2) is 11.2. The van der Waals surface area contributed by atoms with Gasteiger partial charge in [-0.2, -0.15) is 0 Å². The summed E-state index contributed by atoms with van der Waals surface area (Å²) in [5.74, 6) is 1.55. The summed E-state index contributed by atoms with van der Waals surface area (Å²) in [4.78, 5) is 25.8. The molecule has 0 N–H and O–H groups in total. The lowest BCUT2D eigenvalue weighted by atomic mass is 10.2. The second-order valence-corrected chi connectivity index (χ2v) is 7.24. The number of fused-ring (bicyclic) bond motifs is 2. The first-order valence-corrected chi connectivity index (χ1v) is 10.7. The zero-order valence-corrected chi connectivity index (χ0v) is 18.5. The maximum Gasteiger partial charge on any atom is 0.159 e. The Kier molecular flexibility index (Phi) is 7.39. The number of carbonyl (C=O) groups is 1. The van der Waals surface area contributed by atoms with Crippen LogP contribution < -0.4 is 0 Å². The Morgan fingerprint density at radius 3 is 1.21 bits per heavy atom. The number of aromatic nitrogens is 4. The van der Waals surface area contributed by atoms with E-state index in [0.29, 0.717) is 0 Å². The standard InChI is InChI=1S/2C14H10N2.CH2O/c2*1-2-6-11(7-3-1)14-15-10-12-8-4-5-9-13(12)16-14;1-2/h2*1-10H;1H2. The Labute approximate surface area is 197 Å². The van der Waals surface area contributed by atoms with E-state index in [1.54, 1.807) is 0 Å². The molecule has 0 atom stereocenters. The second-order valence-electron chi connectivity index (χ2n) is 7.24. The first-order chi connectivity index (χ1) is 16.9. The fourth-order valence-corrected chi connectivity index (χ4v) is 3.40. The van der Waals surface area contributed by atoms with Gasteiger partial charge in [0.05, 0.1) is 11.0 Å². The molecule has 2 aromatic heterocycles. The SMILES string of the molecule is C=O.c1ccc(-c2ncc3ccccc3n2)cc1.c1ccc(-c2ncc3ccccc3n2)cc1. The van der Waals surface area contributed by atoms with Crippen molar-refractivity contribution >= 4 is 28.6 Å². The zero-order valence-electron chi connectivity index (χ0n) is 18.5. The molecular weight excluding hydrogens is 420 g/mol. The highest BCUT2D eigenvalue weighted by Crippen LogP contribution is 2.18. The van der Waals surface area contributed by atoms with Crippen molar-refractivity contribution < 1.29 is 4.79 Å². The molecule has 0 fully saturated rings. The number of rotatable bonds is 2. The van der Waals surface area contributed by atoms with Crippen molar-refractivity contribution in [2.75, 3.05) is 0 Å². The van der Waals surface area contributed by atoms with E-state index in [0.717, 1.165) is 44.6 Å². The Morgan fingerprint density at radius 1 is 0.441 bits per heavy atom. The van der Waals surface area contributed by atoms with E-state index >= 15 is 0 Å². The van der Waals surface area contributed by atoms with Gasteiger partial charge in [0.2, 0.25) is 0 Å². The minimum atomic E-state index is 0.777. The van der Waals surface area contributed by atoms with E-state index in [-0.39, 0.29) is 0 Å². The van der Waals surface area contributed by atoms with E-state index in [4.69, 9.17) is 4.79 Å². The van der Waals surface area contributed by atoms with Crippen LogP contribution in [0.3, 0.4) is 0 Å². The molecule has 0 radical (unpaired) electrons. The molecule has 0 unspecified atom stereocenters. The highest BCUT2D eigenvalue weighted by molar-refractivity contribution is 5.80. The summed E-state index contributed by atoms with van der Waals surface area (Å²) in [6.07, 6.45) is 3.73. The summed E-state index contributed by atoms with van der Waals surface area (Å²) >= 11 is 0. The van der Waals surface area contributed by atoms with Gasteiger partial charge in [0.25, 0.3) is 0 Å². The molecule has 2 heterocycles. The maximum absolute atomic E-state index is 8.00. The fraction of sp³-hybridized carbons (Fsp3) is 0. The zero-order chi connectivity index (χ0) is 23.6. The molecule has 5 heteroatoms. The Balaban J connectivity index is 0.000000150. The van der Waals surface area contributed by atoms with Crippen molar-refractivity contribution in [2.24, 2.45) is 0 Å². The predicted octanol–water partition coefficient (Wildman–Crippen LogP) is 6.41. The summed E-state index contributed by atoms with van der Waals surface area (Å²) in [5, 5.41) is 2.14. The third kappa shape index (κ3) is 5.34. The van der Waals surface area contributed by atoms with Gasteiger partial charge in [-0.15, -0.1) is 0 Å². The minimum Gasteiger partial charge on any atom is -0.307 e. The third-order valence-corrected chi connectivity index (χ3v) is 5.04. The van der Waals surface area contributed by atoms with Gasteiger partial charge in [0, 0.05) is 34.3 Å². The van der Waals surface area contributed by atoms with E-state index in [2.05, 4.69) is 19.9 Å². The van der Waals surface area contributed by atoms with Gasteiger partial charge in [-0.25, -0.2) is 19.9 Å². The van der Waals surface area contributed by atoms with Crippen molar-refractivity contribution in [3.63, 3.8) is 0 Å². The Hall–Kier alpha value is -4.77. The maximum atomic E-state index is 8.00. The predicted molar refractivity (Wildman–Crippen MR) is 137 cm³/mol. The van der Waals surface area contributed by atoms with Crippen LogP contribution in [-0.2, 0) is 4.79 Å². The van der Waals surface area contributed by atoms with Gasteiger partial charge in [0.1, 0.15) is 6.79 Å². The summed E-state index contributed by atoms with van der Waals surface area (Å²) in [7, 11) is 0. The number of hydrogen-bond donors (Lipinski definition) is 0. The molecule has 164 valence electrons. The average molecular weight is 443 g/mol. The van der Waals surface area contributed by atoms with Crippen molar-refractivity contribution in [2.45, 2.75) is 0 Å². The number of nitrogens with zero attached hydrogens (tertiary/aromatic N) is 4. The molecule has 0 aliphatic carbocycles. The summed E-state index contributed by atoms with van der Waals surface area (Å²) < 4.78 is 0. The van der Waals surface area contributed by atoms with Crippen LogP contribution in [0.2, 0.25) is 0 Å². The van der Waals surface area contributed by atoms with Crippen molar-refractivity contribution in [3.05, 3.63) is 122 Å². The highest BCUT2D eigenvalue weighted by Gasteiger charge is 2.02. The third-order valence-electron chi connectivity index (χ3n) is 5.04. The topological polar surface area (TPSA) is 68.6 Å². The van der Waals surface area contributed by atoms with Gasteiger partial charge >= 0.3 is 0 Å². The molecule has 0 aliphatic rings. The number of benzene rings is 4. The van der Waals surface area contributed by atoms with Crippen LogP contribution in [0, 0.1) is 0 Å². The van der Waals surface area contributed by atoms with Crippen LogP contribution in [0.5, 0.6) is 0 Å². The van der Waals surface area contributed by atoms with Crippen LogP contribution in [0.15, 0.2) is 122 Å². The number of para-hydroxylation sites is 2. The molecule has 34 heavy (non-hydrogen) atoms. The molecular formula is C29H22N4O. The smallest absolute Gasteiger partial charge is 0.159 e. The Bertz CT molecular complexity index is 1370. The first kappa shape index (κ1) is 22.4. The van der Waals surface area contributed by atoms with Gasteiger partial charge in [-0.3, -0.25) is 0 Å². The normalized spacial score (nSPS) is 10.0. The lowest BCUT2D eigenvalue weighted by Crippen LogP contribution is -1.88.